The van der Waals surface area contributed by atoms with E-state index in [2.05, 4.69) is 69.3 Å². The molecule has 2 nitrogen and oxygen atoms in total. The zero-order chi connectivity index (χ0) is 20.1. The molecule has 0 aliphatic heterocycles. The Kier molecular flexibility index (Phi) is 7.02. The first-order valence-electron chi connectivity index (χ1n) is 9.18. The molecule has 0 N–H and O–H groups in total. The van der Waals surface area contributed by atoms with Gasteiger partial charge in [0.25, 0.3) is 0 Å². The van der Waals surface area contributed by atoms with Crippen molar-refractivity contribution in [3.63, 3.8) is 0 Å². The van der Waals surface area contributed by atoms with Gasteiger partial charge < -0.3 is 0 Å². The molecule has 0 unspecified atom stereocenters. The molecule has 0 aliphatic carbocycles. The van der Waals surface area contributed by atoms with E-state index < -0.39 is 20.9 Å². The fraction of sp³-hybridized carbons (Fsp3) is 0.167. The summed E-state index contributed by atoms with van der Waals surface area (Å²) in [5, 5.41) is 0.595. The van der Waals surface area contributed by atoms with E-state index >= 15 is 0 Å². The Bertz CT molecular complexity index is 975. The molecule has 0 saturated carbocycles. The molecule has 0 fully saturated rings. The number of para-hydroxylation sites is 1. The standard InChI is InChI=1S/C24H24N2STe/c1-17-15-18(2)22(19(3)16-17)28-23(20-11-7-5-8-12-20)25-24(27)26(4)21-13-9-6-10-14-21/h5-16H,1-4H3/b25-23+. The number of benzene rings is 3. The van der Waals surface area contributed by atoms with Crippen LogP contribution in [-0.4, -0.2) is 36.8 Å². The van der Waals surface area contributed by atoms with E-state index in [1.54, 1.807) is 0 Å². The van der Waals surface area contributed by atoms with Gasteiger partial charge in [-0.15, -0.1) is 0 Å². The zero-order valence-corrected chi connectivity index (χ0v) is 19.8. The van der Waals surface area contributed by atoms with Crippen LogP contribution in [0.15, 0.2) is 77.8 Å². The molecule has 28 heavy (non-hydrogen) atoms. The van der Waals surface area contributed by atoms with Gasteiger partial charge in [0.1, 0.15) is 0 Å². The Morgan fingerprint density at radius 2 is 1.39 bits per heavy atom. The van der Waals surface area contributed by atoms with Crippen LogP contribution >= 0.6 is 12.2 Å². The van der Waals surface area contributed by atoms with Gasteiger partial charge in [-0.1, -0.05) is 0 Å². The van der Waals surface area contributed by atoms with Crippen molar-refractivity contribution >= 4 is 51.3 Å². The summed E-state index contributed by atoms with van der Waals surface area (Å²) in [5.41, 5.74) is 6.22. The number of hydrogen-bond donors (Lipinski definition) is 0. The molecule has 142 valence electrons. The molecule has 3 aromatic carbocycles. The first-order valence-corrected chi connectivity index (χ1v) is 11.9. The van der Waals surface area contributed by atoms with Crippen LogP contribution in [0.5, 0.6) is 0 Å². The molecule has 0 aliphatic rings. The van der Waals surface area contributed by atoms with Crippen LogP contribution < -0.4 is 8.51 Å². The quantitative estimate of drug-likeness (QED) is 0.291. The molecule has 0 heterocycles. The fourth-order valence-corrected chi connectivity index (χ4v) is 6.36. The first-order chi connectivity index (χ1) is 13.5. The van der Waals surface area contributed by atoms with E-state index in [0.29, 0.717) is 5.11 Å². The Hall–Kier alpha value is -1.99. The van der Waals surface area contributed by atoms with E-state index in [1.807, 2.05) is 36.2 Å². The van der Waals surface area contributed by atoms with Gasteiger partial charge in [-0.2, -0.15) is 0 Å². The third-order valence-electron chi connectivity index (χ3n) is 4.45. The molecular formula is C24H24N2STe. The van der Waals surface area contributed by atoms with Gasteiger partial charge in [0.05, 0.1) is 0 Å². The third kappa shape index (κ3) is 5.08. The minimum absolute atomic E-state index is 0.595. The monoisotopic (exact) mass is 502 g/mol. The van der Waals surface area contributed by atoms with Crippen LogP contribution in [0.4, 0.5) is 5.69 Å². The van der Waals surface area contributed by atoms with E-state index in [-0.39, 0.29) is 0 Å². The van der Waals surface area contributed by atoms with E-state index in [4.69, 9.17) is 17.2 Å². The topological polar surface area (TPSA) is 15.6 Å². The Morgan fingerprint density at radius 1 is 0.857 bits per heavy atom. The molecule has 0 bridgehead atoms. The first kappa shape index (κ1) is 20.7. The Balaban J connectivity index is 1.99. The predicted octanol–water partition coefficient (Wildman–Crippen LogP) is 4.81. The molecule has 3 aromatic rings. The zero-order valence-electron chi connectivity index (χ0n) is 16.6. The van der Waals surface area contributed by atoms with Gasteiger partial charge in [-0.05, 0) is 0 Å². The molecule has 0 radical (unpaired) electrons. The maximum atomic E-state index is 5.70. The number of aliphatic imine (C=N–C) groups is 1. The second-order valence-electron chi connectivity index (χ2n) is 6.79. The van der Waals surface area contributed by atoms with E-state index in [0.717, 1.165) is 15.0 Å². The van der Waals surface area contributed by atoms with Gasteiger partial charge in [0.2, 0.25) is 0 Å². The predicted molar refractivity (Wildman–Crippen MR) is 126 cm³/mol. The normalized spacial score (nSPS) is 11.4. The van der Waals surface area contributed by atoms with E-state index in [1.165, 1.54) is 20.3 Å². The summed E-state index contributed by atoms with van der Waals surface area (Å²) in [6, 6.07) is 25.1. The molecule has 4 heteroatoms. The summed E-state index contributed by atoms with van der Waals surface area (Å²) in [6.45, 7) is 6.56. The number of rotatable bonds is 4. The van der Waals surface area contributed by atoms with Crippen LogP contribution in [-0.2, 0) is 0 Å². The van der Waals surface area contributed by atoms with E-state index in [9.17, 15) is 0 Å². The summed E-state index contributed by atoms with van der Waals surface area (Å²) in [6.07, 6.45) is 0. The van der Waals surface area contributed by atoms with Crippen molar-refractivity contribution in [1.29, 1.82) is 0 Å². The molecule has 0 spiro atoms. The van der Waals surface area contributed by atoms with Crippen molar-refractivity contribution in [3.8, 4) is 0 Å². The Labute approximate surface area is 183 Å². The third-order valence-corrected chi connectivity index (χ3v) is 8.72. The van der Waals surface area contributed by atoms with Crippen molar-refractivity contribution in [3.05, 3.63) is 95.1 Å². The number of aryl methyl sites for hydroxylation is 3. The van der Waals surface area contributed by atoms with Crippen LogP contribution in [0.1, 0.15) is 22.3 Å². The Morgan fingerprint density at radius 3 is 1.96 bits per heavy atom. The van der Waals surface area contributed by atoms with Crippen molar-refractivity contribution in [2.75, 3.05) is 11.9 Å². The second-order valence-corrected chi connectivity index (χ2v) is 10.0. The summed E-state index contributed by atoms with van der Waals surface area (Å²) in [7, 11) is 1.98. The van der Waals surface area contributed by atoms with Crippen LogP contribution in [0.3, 0.4) is 0 Å². The van der Waals surface area contributed by atoms with Gasteiger partial charge in [0, 0.05) is 0 Å². The summed E-state index contributed by atoms with van der Waals surface area (Å²) in [5.74, 6) is 0. The summed E-state index contributed by atoms with van der Waals surface area (Å²) < 4.78 is 2.57. The van der Waals surface area contributed by atoms with Crippen LogP contribution in [0.25, 0.3) is 0 Å². The van der Waals surface area contributed by atoms with Crippen LogP contribution in [0.2, 0.25) is 0 Å². The average Bonchev–Trinajstić information content (AvgIpc) is 2.70. The van der Waals surface area contributed by atoms with Crippen LogP contribution in [0, 0.1) is 20.8 Å². The van der Waals surface area contributed by atoms with Gasteiger partial charge in [0.15, 0.2) is 0 Å². The number of nitrogens with zero attached hydrogens (tertiary/aromatic N) is 2. The molecule has 0 aromatic heterocycles. The molecular weight excluding hydrogens is 476 g/mol. The number of hydrogen-bond acceptors (Lipinski definition) is 1. The van der Waals surface area contributed by atoms with Gasteiger partial charge >= 0.3 is 184 Å². The molecule has 0 saturated heterocycles. The average molecular weight is 500 g/mol. The number of thiocarbonyl (C=S) groups is 1. The maximum absolute atomic E-state index is 5.70. The molecule has 0 atom stereocenters. The summed E-state index contributed by atoms with van der Waals surface area (Å²) >= 11 is 5.01. The SMILES string of the molecule is Cc1cc(C)c([Te]/C(=N/C(=S)N(C)c2ccccc2)c2ccccc2)c(C)c1. The summed E-state index contributed by atoms with van der Waals surface area (Å²) in [4.78, 5) is 6.93. The van der Waals surface area contributed by atoms with Crippen molar-refractivity contribution in [1.82, 2.24) is 0 Å². The van der Waals surface area contributed by atoms with Gasteiger partial charge in [-0.3, -0.25) is 0 Å². The van der Waals surface area contributed by atoms with Crippen molar-refractivity contribution < 1.29 is 0 Å². The second kappa shape index (κ2) is 9.47. The molecule has 0 amide bonds. The minimum atomic E-state index is -0.690. The van der Waals surface area contributed by atoms with Gasteiger partial charge in [-0.25, -0.2) is 0 Å². The molecule has 3 rings (SSSR count). The fourth-order valence-electron chi connectivity index (χ4n) is 3.08. The number of anilines is 1. The van der Waals surface area contributed by atoms with Crippen molar-refractivity contribution in [2.45, 2.75) is 20.8 Å². The van der Waals surface area contributed by atoms with Crippen molar-refractivity contribution in [2.24, 2.45) is 4.99 Å².